The van der Waals surface area contributed by atoms with Crippen molar-refractivity contribution in [2.75, 3.05) is 11.9 Å². The van der Waals surface area contributed by atoms with E-state index in [0.29, 0.717) is 11.4 Å². The Kier molecular flexibility index (Phi) is 3.08. The van der Waals surface area contributed by atoms with Gasteiger partial charge in [-0.15, -0.1) is 0 Å². The average Bonchev–Trinajstić information content (AvgIpc) is 2.18. The molecule has 1 aromatic heterocycles. The first-order chi connectivity index (χ1) is 6.29. The molecule has 0 aromatic carbocycles. The van der Waals surface area contributed by atoms with Gasteiger partial charge in [0.2, 0.25) is 0 Å². The fourth-order valence-electron chi connectivity index (χ4n) is 0.974. The molecule has 0 fully saturated rings. The van der Waals surface area contributed by atoms with Gasteiger partial charge in [-0.2, -0.15) is 0 Å². The molecule has 4 N–H and O–H groups in total. The number of rotatable bonds is 3. The van der Waals surface area contributed by atoms with Crippen LogP contribution >= 0.6 is 0 Å². The van der Waals surface area contributed by atoms with E-state index < -0.39 is 0 Å². The Balaban J connectivity index is 3.04. The topological polar surface area (TPSA) is 83.5 Å². The van der Waals surface area contributed by atoms with Gasteiger partial charge in [-0.1, -0.05) is 5.16 Å². The van der Waals surface area contributed by atoms with Gasteiger partial charge in [0.25, 0.3) is 0 Å². The number of amidine groups is 1. The third kappa shape index (κ3) is 2.08. The predicted molar refractivity (Wildman–Crippen MR) is 50.9 cm³/mol. The van der Waals surface area contributed by atoms with Crippen molar-refractivity contribution >= 4 is 11.7 Å². The van der Waals surface area contributed by atoms with Crippen LogP contribution in [0.4, 0.5) is 5.82 Å². The Morgan fingerprint density at radius 3 is 3.15 bits per heavy atom. The Hall–Kier alpha value is -1.78. The lowest BCUT2D eigenvalue weighted by atomic mass is 10.2. The minimum Gasteiger partial charge on any atom is -0.409 e. The maximum absolute atomic E-state index is 8.49. The highest BCUT2D eigenvalue weighted by Crippen LogP contribution is 2.09. The van der Waals surface area contributed by atoms with E-state index in [1.807, 2.05) is 6.92 Å². The molecule has 0 spiro atoms. The van der Waals surface area contributed by atoms with E-state index in [4.69, 9.17) is 10.9 Å². The molecule has 0 atom stereocenters. The zero-order valence-electron chi connectivity index (χ0n) is 7.36. The highest BCUT2D eigenvalue weighted by atomic mass is 16.4. The molecule has 13 heavy (non-hydrogen) atoms. The van der Waals surface area contributed by atoms with Crippen LogP contribution in [-0.2, 0) is 0 Å². The average molecular weight is 180 g/mol. The second-order valence-corrected chi connectivity index (χ2v) is 2.42. The molecule has 0 aliphatic rings. The van der Waals surface area contributed by atoms with E-state index in [2.05, 4.69) is 15.5 Å². The molecule has 0 unspecified atom stereocenters. The number of nitrogens with zero attached hydrogens (tertiary/aromatic N) is 2. The highest BCUT2D eigenvalue weighted by molar-refractivity contribution is 6.01. The van der Waals surface area contributed by atoms with Crippen LogP contribution in [0.5, 0.6) is 0 Å². The first-order valence-corrected chi connectivity index (χ1v) is 3.96. The smallest absolute Gasteiger partial charge is 0.173 e. The van der Waals surface area contributed by atoms with Crippen molar-refractivity contribution in [1.82, 2.24) is 4.98 Å². The summed E-state index contributed by atoms with van der Waals surface area (Å²) in [6.45, 7) is 2.69. The van der Waals surface area contributed by atoms with Crippen molar-refractivity contribution in [3.63, 3.8) is 0 Å². The van der Waals surface area contributed by atoms with Crippen LogP contribution in [0.1, 0.15) is 12.5 Å². The summed E-state index contributed by atoms with van der Waals surface area (Å²) in [6.07, 6.45) is 1.64. The molecule has 70 valence electrons. The van der Waals surface area contributed by atoms with Gasteiger partial charge in [-0.05, 0) is 19.1 Å². The second kappa shape index (κ2) is 4.30. The van der Waals surface area contributed by atoms with Gasteiger partial charge in [0, 0.05) is 12.7 Å². The van der Waals surface area contributed by atoms with Gasteiger partial charge in [0.15, 0.2) is 5.84 Å². The van der Waals surface area contributed by atoms with Gasteiger partial charge in [-0.3, -0.25) is 0 Å². The van der Waals surface area contributed by atoms with Crippen molar-refractivity contribution in [3.05, 3.63) is 23.9 Å². The van der Waals surface area contributed by atoms with Crippen molar-refractivity contribution in [2.45, 2.75) is 6.92 Å². The predicted octanol–water partition coefficient (Wildman–Crippen LogP) is 0.608. The molecule has 5 nitrogen and oxygen atoms in total. The summed E-state index contributed by atoms with van der Waals surface area (Å²) in [6, 6.07) is 3.47. The summed E-state index contributed by atoms with van der Waals surface area (Å²) >= 11 is 0. The Bertz CT molecular complexity index is 311. The van der Waals surface area contributed by atoms with E-state index in [1.165, 1.54) is 0 Å². The van der Waals surface area contributed by atoms with Gasteiger partial charge < -0.3 is 16.3 Å². The van der Waals surface area contributed by atoms with Crippen LogP contribution in [0.15, 0.2) is 23.5 Å². The van der Waals surface area contributed by atoms with E-state index in [-0.39, 0.29) is 5.84 Å². The number of hydrogen-bond donors (Lipinski definition) is 3. The Labute approximate surface area is 76.3 Å². The van der Waals surface area contributed by atoms with Gasteiger partial charge >= 0.3 is 0 Å². The molecule has 0 bridgehead atoms. The summed E-state index contributed by atoms with van der Waals surface area (Å²) in [5.74, 6) is 0.685. The molecule has 0 aliphatic carbocycles. The normalized spacial score (nSPS) is 11.3. The van der Waals surface area contributed by atoms with Crippen molar-refractivity contribution in [2.24, 2.45) is 10.9 Å². The van der Waals surface area contributed by atoms with Crippen LogP contribution in [-0.4, -0.2) is 22.6 Å². The molecule has 0 aliphatic heterocycles. The molecule has 0 saturated heterocycles. The van der Waals surface area contributed by atoms with Crippen molar-refractivity contribution in [3.8, 4) is 0 Å². The van der Waals surface area contributed by atoms with E-state index >= 15 is 0 Å². The third-order valence-corrected chi connectivity index (χ3v) is 1.54. The number of aromatic nitrogens is 1. The summed E-state index contributed by atoms with van der Waals surface area (Å²) in [5.41, 5.74) is 6.05. The van der Waals surface area contributed by atoms with Gasteiger partial charge in [0.05, 0.1) is 5.56 Å². The molecule has 5 heteroatoms. The number of hydrogen-bond acceptors (Lipinski definition) is 4. The lowest BCUT2D eigenvalue weighted by Gasteiger charge is -2.06. The number of pyridine rings is 1. The van der Waals surface area contributed by atoms with Crippen LogP contribution in [0.25, 0.3) is 0 Å². The monoisotopic (exact) mass is 180 g/mol. The molecule has 0 radical (unpaired) electrons. The number of nitrogens with two attached hydrogens (primary N) is 1. The minimum atomic E-state index is 0.0593. The zero-order chi connectivity index (χ0) is 9.68. The number of nitrogens with one attached hydrogen (secondary N) is 1. The summed E-state index contributed by atoms with van der Waals surface area (Å²) in [5, 5.41) is 14.4. The summed E-state index contributed by atoms with van der Waals surface area (Å²) in [4.78, 5) is 4.05. The molecule has 1 heterocycles. The van der Waals surface area contributed by atoms with E-state index in [1.54, 1.807) is 18.3 Å². The summed E-state index contributed by atoms with van der Waals surface area (Å²) in [7, 11) is 0. The molecule has 0 amide bonds. The lowest BCUT2D eigenvalue weighted by Crippen LogP contribution is -2.16. The maximum atomic E-state index is 8.49. The Morgan fingerprint density at radius 2 is 2.54 bits per heavy atom. The van der Waals surface area contributed by atoms with E-state index in [0.717, 1.165) is 6.54 Å². The highest BCUT2D eigenvalue weighted by Gasteiger charge is 2.05. The third-order valence-electron chi connectivity index (χ3n) is 1.54. The summed E-state index contributed by atoms with van der Waals surface area (Å²) < 4.78 is 0. The van der Waals surface area contributed by atoms with Crippen LogP contribution in [0.3, 0.4) is 0 Å². The van der Waals surface area contributed by atoms with Crippen LogP contribution in [0.2, 0.25) is 0 Å². The number of anilines is 1. The van der Waals surface area contributed by atoms with Crippen molar-refractivity contribution < 1.29 is 5.21 Å². The first kappa shape index (κ1) is 9.31. The molecule has 1 rings (SSSR count). The fraction of sp³-hybridized carbons (Fsp3) is 0.250. The lowest BCUT2D eigenvalue weighted by molar-refractivity contribution is 0.318. The second-order valence-electron chi connectivity index (χ2n) is 2.42. The molecule has 0 saturated carbocycles. The zero-order valence-corrected chi connectivity index (χ0v) is 7.36. The van der Waals surface area contributed by atoms with Crippen molar-refractivity contribution in [1.29, 1.82) is 0 Å². The quantitative estimate of drug-likeness (QED) is 0.275. The Morgan fingerprint density at radius 1 is 1.77 bits per heavy atom. The van der Waals surface area contributed by atoms with Gasteiger partial charge in [0.1, 0.15) is 5.82 Å². The van der Waals surface area contributed by atoms with Gasteiger partial charge in [-0.25, -0.2) is 4.98 Å². The molecular weight excluding hydrogens is 168 g/mol. The van der Waals surface area contributed by atoms with Crippen LogP contribution in [0, 0.1) is 0 Å². The van der Waals surface area contributed by atoms with Crippen LogP contribution < -0.4 is 11.1 Å². The maximum Gasteiger partial charge on any atom is 0.173 e. The minimum absolute atomic E-state index is 0.0593. The molecule has 1 aromatic rings. The number of oxime groups is 1. The van der Waals surface area contributed by atoms with E-state index in [9.17, 15) is 0 Å². The fourth-order valence-corrected chi connectivity index (χ4v) is 0.974. The SMILES string of the molecule is CCNc1ncccc1/C(N)=N/O. The largest absolute Gasteiger partial charge is 0.409 e. The molecular formula is C8H12N4O. The first-order valence-electron chi connectivity index (χ1n) is 3.96. The standard InChI is InChI=1S/C8H12N4O/c1-2-10-8-6(7(9)12-13)4-3-5-11-8/h3-5,13H,2H2,1H3,(H2,9,12)(H,10,11).